The lowest BCUT2D eigenvalue weighted by Gasteiger charge is -2.41. The van der Waals surface area contributed by atoms with Gasteiger partial charge < -0.3 is 24.6 Å². The molecule has 0 aromatic carbocycles. The van der Waals surface area contributed by atoms with E-state index in [4.69, 9.17) is 35.8 Å². The number of aliphatic hydroxyl groups excluding tert-OH is 1. The number of alkyl halides is 2. The molecule has 15 heteroatoms. The number of aliphatic hydroxyl groups is 1. The summed E-state index contributed by atoms with van der Waals surface area (Å²) in [5.74, 6) is -0.165. The van der Waals surface area contributed by atoms with Crippen molar-refractivity contribution in [3.8, 4) is 0 Å². The molecule has 4 rings (SSSR count). The molecule has 2 fully saturated rings. The molecular formula is C14H18F2N5O6PS. The molecule has 0 spiro atoms. The summed E-state index contributed by atoms with van der Waals surface area (Å²) in [6.07, 6.45) is -6.95. The van der Waals surface area contributed by atoms with Crippen LogP contribution in [0.4, 0.5) is 14.7 Å². The molecule has 0 bridgehead atoms. The monoisotopic (exact) mass is 453 g/mol. The number of H-pyrrole nitrogens is 1. The van der Waals surface area contributed by atoms with Crippen LogP contribution in [0.15, 0.2) is 11.1 Å². The van der Waals surface area contributed by atoms with Gasteiger partial charge in [0.1, 0.15) is 18.5 Å². The van der Waals surface area contributed by atoms with Crippen molar-refractivity contribution in [2.24, 2.45) is 0 Å². The maximum Gasteiger partial charge on any atom is 0.328 e. The number of fused-ring (bicyclic) bond motifs is 2. The lowest BCUT2D eigenvalue weighted by atomic mass is 9.96. The zero-order chi connectivity index (χ0) is 21.1. The average Bonchev–Trinajstić information content (AvgIpc) is 3.14. The topological polar surface area (TPSA) is 147 Å². The third-order valence-corrected chi connectivity index (χ3v) is 7.00. The van der Waals surface area contributed by atoms with E-state index in [2.05, 4.69) is 15.0 Å². The number of hydrogen-bond acceptors (Lipinski definition) is 10. The molecule has 1 unspecified atom stereocenters. The largest absolute Gasteiger partial charge is 0.386 e. The van der Waals surface area contributed by atoms with Crippen molar-refractivity contribution >= 4 is 35.6 Å². The third-order valence-electron chi connectivity index (χ3n) is 4.56. The van der Waals surface area contributed by atoms with E-state index in [1.54, 1.807) is 13.8 Å². The van der Waals surface area contributed by atoms with E-state index in [-0.39, 0.29) is 23.2 Å². The van der Waals surface area contributed by atoms with Gasteiger partial charge in [-0.3, -0.25) is 18.9 Å². The molecule has 0 saturated carbocycles. The fourth-order valence-corrected chi connectivity index (χ4v) is 5.93. The number of nitrogens with one attached hydrogen (secondary N) is 1. The Hall–Kier alpha value is -1.54. The molecule has 0 aliphatic carbocycles. The smallest absolute Gasteiger partial charge is 0.328 e. The molecule has 29 heavy (non-hydrogen) atoms. The molecule has 160 valence electrons. The minimum absolute atomic E-state index is 0.0338. The summed E-state index contributed by atoms with van der Waals surface area (Å²) < 4.78 is 51.1. The SMILES string of the molecule is CC(C)OP1(=S)OC[C@]2(C(F)F)O[C@H](n3cnc4nc(N)[nH]c(=O)c43)[C@@H](O)[C@H]2O1. The molecule has 5 atom stereocenters. The summed E-state index contributed by atoms with van der Waals surface area (Å²) >= 11 is 5.23. The van der Waals surface area contributed by atoms with Crippen molar-refractivity contribution in [2.45, 2.75) is 50.4 Å². The van der Waals surface area contributed by atoms with Gasteiger partial charge in [-0.15, -0.1) is 0 Å². The van der Waals surface area contributed by atoms with Crippen molar-refractivity contribution in [1.29, 1.82) is 0 Å². The highest BCUT2D eigenvalue weighted by molar-refractivity contribution is 8.07. The second-order valence-corrected chi connectivity index (χ2v) is 9.85. The first-order valence-electron chi connectivity index (χ1n) is 8.54. The number of imidazole rings is 1. The number of halogens is 2. The van der Waals surface area contributed by atoms with Crippen LogP contribution in [-0.2, 0) is 30.1 Å². The highest BCUT2D eigenvalue weighted by Gasteiger charge is 2.66. The summed E-state index contributed by atoms with van der Waals surface area (Å²) in [7, 11) is 0. The maximum atomic E-state index is 14.0. The Kier molecular flexibility index (Phi) is 5.01. The van der Waals surface area contributed by atoms with Crippen LogP contribution in [0.25, 0.3) is 11.2 Å². The zero-order valence-corrected chi connectivity index (χ0v) is 16.9. The Morgan fingerprint density at radius 1 is 1.55 bits per heavy atom. The molecule has 2 aromatic rings. The van der Waals surface area contributed by atoms with Gasteiger partial charge in [0.15, 0.2) is 23.0 Å². The van der Waals surface area contributed by atoms with E-state index >= 15 is 0 Å². The predicted molar refractivity (Wildman–Crippen MR) is 98.8 cm³/mol. The fraction of sp³-hybridized carbons (Fsp3) is 0.643. The fourth-order valence-electron chi connectivity index (χ4n) is 3.35. The van der Waals surface area contributed by atoms with Crippen LogP contribution in [0.5, 0.6) is 0 Å². The van der Waals surface area contributed by atoms with E-state index < -0.39 is 49.3 Å². The number of aromatic amines is 1. The van der Waals surface area contributed by atoms with Gasteiger partial charge in [0.2, 0.25) is 5.95 Å². The van der Waals surface area contributed by atoms with E-state index in [1.807, 2.05) is 0 Å². The Labute approximate surface area is 167 Å². The number of hydrogen-bond donors (Lipinski definition) is 3. The number of anilines is 1. The molecule has 0 radical (unpaired) electrons. The van der Waals surface area contributed by atoms with Gasteiger partial charge in [0, 0.05) is 0 Å². The number of aromatic nitrogens is 4. The van der Waals surface area contributed by atoms with Crippen molar-refractivity contribution in [3.63, 3.8) is 0 Å². The van der Waals surface area contributed by atoms with Crippen molar-refractivity contribution in [3.05, 3.63) is 16.7 Å². The molecule has 2 aromatic heterocycles. The Balaban J connectivity index is 1.76. The first kappa shape index (κ1) is 20.7. The Bertz CT molecular complexity index is 1050. The molecule has 2 aliphatic rings. The first-order chi connectivity index (χ1) is 13.6. The average molecular weight is 453 g/mol. The normalized spacial score (nSPS) is 34.9. The summed E-state index contributed by atoms with van der Waals surface area (Å²) in [5, 5.41) is 10.8. The van der Waals surface area contributed by atoms with Crippen LogP contribution in [0.1, 0.15) is 20.1 Å². The predicted octanol–water partition coefficient (Wildman–Crippen LogP) is 0.660. The van der Waals surface area contributed by atoms with Crippen LogP contribution in [-0.4, -0.2) is 61.6 Å². The van der Waals surface area contributed by atoms with Gasteiger partial charge in [-0.2, -0.15) is 4.98 Å². The lowest BCUT2D eigenvalue weighted by Crippen LogP contribution is -2.56. The number of nitrogens with zero attached hydrogens (tertiary/aromatic N) is 3. The standard InChI is InChI=1S/C14H18F2N5O6PS/c1-5(2)26-28(29)24-3-14(12(15)16)8(27-28)7(22)11(25-14)21-4-18-9-6(21)10(23)20-13(17)19-9/h4-5,7-8,11-12,22H,3H2,1-2H3,(H3,17,19,20,23)/t7-,8+,11-,14-,28?/m0/s1. The van der Waals surface area contributed by atoms with Gasteiger partial charge in [-0.25, -0.2) is 13.8 Å². The van der Waals surface area contributed by atoms with Crippen LogP contribution < -0.4 is 11.3 Å². The number of ether oxygens (including phenoxy) is 1. The van der Waals surface area contributed by atoms with E-state index in [9.17, 15) is 18.7 Å². The molecule has 4 N–H and O–H groups in total. The number of rotatable bonds is 4. The molecule has 4 heterocycles. The second-order valence-electron chi connectivity index (χ2n) is 6.93. The molecule has 2 aliphatic heterocycles. The van der Waals surface area contributed by atoms with Gasteiger partial charge in [-0.05, 0) is 25.7 Å². The summed E-state index contributed by atoms with van der Waals surface area (Å²) in [4.78, 5) is 22.4. The summed E-state index contributed by atoms with van der Waals surface area (Å²) in [6, 6.07) is 0. The Morgan fingerprint density at radius 3 is 2.93 bits per heavy atom. The highest BCUT2D eigenvalue weighted by Crippen LogP contribution is 2.61. The molecular weight excluding hydrogens is 435 g/mol. The number of nitrogens with two attached hydrogens (primary N) is 1. The van der Waals surface area contributed by atoms with Crippen LogP contribution >= 0.6 is 6.72 Å². The Morgan fingerprint density at radius 2 is 2.28 bits per heavy atom. The lowest BCUT2D eigenvalue weighted by molar-refractivity contribution is -0.204. The van der Waals surface area contributed by atoms with Crippen LogP contribution in [0, 0.1) is 0 Å². The quantitative estimate of drug-likeness (QED) is 0.564. The van der Waals surface area contributed by atoms with E-state index in [0.717, 1.165) is 10.9 Å². The van der Waals surface area contributed by atoms with Crippen LogP contribution in [0.2, 0.25) is 0 Å². The molecule has 0 amide bonds. The highest BCUT2D eigenvalue weighted by atomic mass is 32.5. The number of nitrogen functional groups attached to an aromatic ring is 1. The van der Waals surface area contributed by atoms with Gasteiger partial charge in [-0.1, -0.05) is 0 Å². The van der Waals surface area contributed by atoms with Gasteiger partial charge >= 0.3 is 6.72 Å². The van der Waals surface area contributed by atoms with Crippen LogP contribution in [0.3, 0.4) is 0 Å². The van der Waals surface area contributed by atoms with E-state index in [1.165, 1.54) is 0 Å². The zero-order valence-electron chi connectivity index (χ0n) is 15.2. The third kappa shape index (κ3) is 3.28. The maximum absolute atomic E-state index is 14.0. The summed E-state index contributed by atoms with van der Waals surface area (Å²) in [6.45, 7) is -0.674. The second kappa shape index (κ2) is 7.01. The van der Waals surface area contributed by atoms with Crippen molar-refractivity contribution in [2.75, 3.05) is 12.3 Å². The van der Waals surface area contributed by atoms with Crippen molar-refractivity contribution < 1.29 is 32.2 Å². The minimum Gasteiger partial charge on any atom is -0.386 e. The first-order valence-corrected chi connectivity index (χ1v) is 11.1. The minimum atomic E-state index is -3.39. The summed E-state index contributed by atoms with van der Waals surface area (Å²) in [5.41, 5.74) is 2.36. The van der Waals surface area contributed by atoms with E-state index in [0.29, 0.717) is 0 Å². The molecule has 2 saturated heterocycles. The van der Waals surface area contributed by atoms with Gasteiger partial charge in [0.25, 0.3) is 12.0 Å². The molecule has 11 nitrogen and oxygen atoms in total. The van der Waals surface area contributed by atoms with Crippen molar-refractivity contribution in [1.82, 2.24) is 19.5 Å². The van der Waals surface area contributed by atoms with Gasteiger partial charge in [0.05, 0.1) is 12.7 Å².